The number of methoxy groups -OCH3 is 1. The second kappa shape index (κ2) is 9.77. The maximum Gasteiger partial charge on any atom is 0.342 e. The van der Waals surface area contributed by atoms with Crippen LogP contribution in [0.4, 0.5) is 11.4 Å². The predicted octanol–water partition coefficient (Wildman–Crippen LogP) is 4.59. The number of fused-ring (bicyclic) bond motifs is 1. The fourth-order valence-corrected chi connectivity index (χ4v) is 4.09. The number of tetrazole rings is 1. The van der Waals surface area contributed by atoms with Crippen LogP contribution in [-0.2, 0) is 5.54 Å². The van der Waals surface area contributed by atoms with E-state index < -0.39 is 17.2 Å². The first-order valence-corrected chi connectivity index (χ1v) is 11.8. The molecule has 0 fully saturated rings. The van der Waals surface area contributed by atoms with Gasteiger partial charge in [-0.15, -0.1) is 5.10 Å². The van der Waals surface area contributed by atoms with Crippen molar-refractivity contribution >= 4 is 22.3 Å². The van der Waals surface area contributed by atoms with E-state index in [-0.39, 0.29) is 0 Å². The number of ether oxygens (including phenoxy) is 1. The van der Waals surface area contributed by atoms with Crippen LogP contribution in [0.15, 0.2) is 57.7 Å². The molecule has 0 spiro atoms. The summed E-state index contributed by atoms with van der Waals surface area (Å²) >= 11 is 0. The van der Waals surface area contributed by atoms with Crippen LogP contribution in [0.5, 0.6) is 5.75 Å². The van der Waals surface area contributed by atoms with Crippen molar-refractivity contribution in [3.63, 3.8) is 0 Å². The zero-order valence-electron chi connectivity index (χ0n) is 21.1. The highest BCUT2D eigenvalue weighted by Crippen LogP contribution is 2.30. The number of aromatic nitrogens is 4. The summed E-state index contributed by atoms with van der Waals surface area (Å²) in [5, 5.41) is 16.7. The molecule has 184 valence electrons. The van der Waals surface area contributed by atoms with Gasteiger partial charge in [-0.2, -0.15) is 0 Å². The van der Waals surface area contributed by atoms with Gasteiger partial charge < -0.3 is 19.4 Å². The van der Waals surface area contributed by atoms with Crippen molar-refractivity contribution in [2.75, 3.05) is 30.4 Å². The molecule has 2 heterocycles. The first kappa shape index (κ1) is 24.3. The van der Waals surface area contributed by atoms with Gasteiger partial charge >= 0.3 is 5.63 Å². The molecule has 0 saturated heterocycles. The lowest BCUT2D eigenvalue weighted by Crippen LogP contribution is -2.31. The summed E-state index contributed by atoms with van der Waals surface area (Å²) in [7, 11) is 1.62. The van der Waals surface area contributed by atoms with E-state index in [1.807, 2.05) is 69.3 Å². The molecule has 1 unspecified atom stereocenters. The normalized spacial score (nSPS) is 12.5. The minimum absolute atomic E-state index is 0.394. The van der Waals surface area contributed by atoms with Crippen LogP contribution in [0.1, 0.15) is 52.0 Å². The van der Waals surface area contributed by atoms with Gasteiger partial charge in [0, 0.05) is 35.9 Å². The number of nitrogens with one attached hydrogen (secondary N) is 1. The second-order valence-electron chi connectivity index (χ2n) is 9.31. The average molecular weight is 477 g/mol. The van der Waals surface area contributed by atoms with Crippen LogP contribution >= 0.6 is 0 Å². The maximum absolute atomic E-state index is 13.3. The minimum atomic E-state index is -0.638. The molecule has 0 aliphatic carbocycles. The van der Waals surface area contributed by atoms with Gasteiger partial charge in [0.1, 0.15) is 17.4 Å². The Kier molecular flexibility index (Phi) is 6.77. The topological polar surface area (TPSA) is 98.3 Å². The molecule has 2 aromatic carbocycles. The second-order valence-corrected chi connectivity index (χ2v) is 9.31. The highest BCUT2D eigenvalue weighted by atomic mass is 16.5. The Morgan fingerprint density at radius 3 is 2.43 bits per heavy atom. The van der Waals surface area contributed by atoms with E-state index in [0.717, 1.165) is 35.6 Å². The molecule has 1 atom stereocenters. The molecule has 4 rings (SSSR count). The van der Waals surface area contributed by atoms with Crippen LogP contribution < -0.4 is 20.6 Å². The molecular weight excluding hydrogens is 444 g/mol. The minimum Gasteiger partial charge on any atom is -0.497 e. The van der Waals surface area contributed by atoms with E-state index in [9.17, 15) is 4.79 Å². The summed E-state index contributed by atoms with van der Waals surface area (Å²) in [4.78, 5) is 15.5. The van der Waals surface area contributed by atoms with Crippen molar-refractivity contribution in [1.82, 2.24) is 20.2 Å². The Hall–Kier alpha value is -3.88. The molecule has 9 heteroatoms. The lowest BCUT2D eigenvalue weighted by molar-refractivity contribution is 0.332. The molecular formula is C26H32N6O3. The number of hydrogen-bond acceptors (Lipinski definition) is 8. The average Bonchev–Trinajstić information content (AvgIpc) is 3.34. The maximum atomic E-state index is 13.3. The van der Waals surface area contributed by atoms with Crippen LogP contribution in [0.2, 0.25) is 0 Å². The highest BCUT2D eigenvalue weighted by molar-refractivity contribution is 5.81. The van der Waals surface area contributed by atoms with Gasteiger partial charge in [0.25, 0.3) is 0 Å². The lowest BCUT2D eigenvalue weighted by atomic mass is 10.0. The Labute approximate surface area is 204 Å². The third-order valence-corrected chi connectivity index (χ3v) is 5.97. The quantitative estimate of drug-likeness (QED) is 0.369. The molecule has 0 aliphatic rings. The van der Waals surface area contributed by atoms with Crippen LogP contribution in [0.3, 0.4) is 0 Å². The largest absolute Gasteiger partial charge is 0.497 e. The Morgan fingerprint density at radius 1 is 1.09 bits per heavy atom. The molecule has 0 radical (unpaired) electrons. The third kappa shape index (κ3) is 4.99. The van der Waals surface area contributed by atoms with Crippen LogP contribution in [0, 0.1) is 0 Å². The van der Waals surface area contributed by atoms with E-state index in [4.69, 9.17) is 9.15 Å². The Morgan fingerprint density at radius 2 is 1.80 bits per heavy atom. The molecule has 0 amide bonds. The SMILES string of the molecule is CCN(CC)c1ccc2cc(C(Nc3ccc(OC)cc3)c3nnnn3C(C)(C)C)c(=O)oc2c1. The lowest BCUT2D eigenvalue weighted by Gasteiger charge is -2.25. The molecule has 4 aromatic rings. The van der Waals surface area contributed by atoms with Gasteiger partial charge in [-0.3, -0.25) is 0 Å². The smallest absolute Gasteiger partial charge is 0.342 e. The van der Waals surface area contributed by atoms with Crippen molar-refractivity contribution < 1.29 is 9.15 Å². The van der Waals surface area contributed by atoms with Crippen LogP contribution in [0.25, 0.3) is 11.0 Å². The molecule has 2 aromatic heterocycles. The summed E-state index contributed by atoms with van der Waals surface area (Å²) < 4.78 is 12.8. The first-order valence-electron chi connectivity index (χ1n) is 11.8. The Balaban J connectivity index is 1.84. The molecule has 0 saturated carbocycles. The number of nitrogens with zero attached hydrogens (tertiary/aromatic N) is 5. The zero-order valence-corrected chi connectivity index (χ0v) is 21.1. The summed E-state index contributed by atoms with van der Waals surface area (Å²) in [6.07, 6.45) is 0. The number of anilines is 2. The monoisotopic (exact) mass is 476 g/mol. The number of rotatable bonds is 8. The molecule has 35 heavy (non-hydrogen) atoms. The molecule has 0 aliphatic heterocycles. The van der Waals surface area contributed by atoms with Gasteiger partial charge in [-0.1, -0.05) is 0 Å². The zero-order chi connectivity index (χ0) is 25.2. The molecule has 1 N–H and O–H groups in total. The van der Waals surface area contributed by atoms with E-state index in [2.05, 4.69) is 39.6 Å². The van der Waals surface area contributed by atoms with Gasteiger partial charge in [-0.05, 0) is 87.5 Å². The molecule has 9 nitrogen and oxygen atoms in total. The summed E-state index contributed by atoms with van der Waals surface area (Å²) in [5.74, 6) is 1.25. The van der Waals surface area contributed by atoms with Gasteiger partial charge in [-0.25, -0.2) is 9.48 Å². The van der Waals surface area contributed by atoms with Crippen molar-refractivity contribution in [2.45, 2.75) is 46.2 Å². The fraction of sp³-hybridized carbons (Fsp3) is 0.385. The molecule has 0 bridgehead atoms. The van der Waals surface area contributed by atoms with Gasteiger partial charge in [0.2, 0.25) is 0 Å². The van der Waals surface area contributed by atoms with Crippen LogP contribution in [-0.4, -0.2) is 40.4 Å². The predicted molar refractivity (Wildman–Crippen MR) is 137 cm³/mol. The fourth-order valence-electron chi connectivity index (χ4n) is 4.09. The van der Waals surface area contributed by atoms with E-state index in [1.165, 1.54) is 0 Å². The van der Waals surface area contributed by atoms with E-state index >= 15 is 0 Å². The van der Waals surface area contributed by atoms with Crippen molar-refractivity contribution in [2.24, 2.45) is 0 Å². The first-order chi connectivity index (χ1) is 16.7. The summed E-state index contributed by atoms with van der Waals surface area (Å²) in [5.41, 5.74) is 1.93. The highest BCUT2D eigenvalue weighted by Gasteiger charge is 2.29. The number of hydrogen-bond donors (Lipinski definition) is 1. The van der Waals surface area contributed by atoms with Crippen molar-refractivity contribution in [3.05, 3.63) is 70.3 Å². The van der Waals surface area contributed by atoms with Crippen molar-refractivity contribution in [3.8, 4) is 5.75 Å². The Bertz CT molecular complexity index is 1350. The standard InChI is InChI=1S/C26H32N6O3/c1-7-31(8-2)19-12-9-17-15-21(25(33)35-22(17)16-19)23(24-28-29-30-32(24)26(3,4)5)27-18-10-13-20(34-6)14-11-18/h9-16,23,27H,7-8H2,1-6H3. The van der Waals surface area contributed by atoms with E-state index in [0.29, 0.717) is 17.0 Å². The van der Waals surface area contributed by atoms with E-state index in [1.54, 1.807) is 11.8 Å². The summed E-state index contributed by atoms with van der Waals surface area (Å²) in [6, 6.07) is 14.6. The van der Waals surface area contributed by atoms with Crippen molar-refractivity contribution in [1.29, 1.82) is 0 Å². The summed E-state index contributed by atoms with van der Waals surface area (Å²) in [6.45, 7) is 12.0. The number of benzene rings is 2. The van der Waals surface area contributed by atoms with Gasteiger partial charge in [0.05, 0.1) is 18.2 Å². The van der Waals surface area contributed by atoms with Gasteiger partial charge in [0.15, 0.2) is 5.82 Å². The third-order valence-electron chi connectivity index (χ3n) is 5.97.